The van der Waals surface area contributed by atoms with Crippen molar-refractivity contribution in [1.29, 1.82) is 0 Å². The predicted octanol–water partition coefficient (Wildman–Crippen LogP) is 2.77. The van der Waals surface area contributed by atoms with Gasteiger partial charge in [0, 0.05) is 44.0 Å². The quantitative estimate of drug-likeness (QED) is 0.834. The molecule has 0 N–H and O–H groups in total. The SMILES string of the molecule is CCCCN1CCC[C@H]1c1cccnc1N1CCN(C)CC1. The molecule has 0 amide bonds. The molecule has 0 bridgehead atoms. The summed E-state index contributed by atoms with van der Waals surface area (Å²) in [6.45, 7) is 9.25. The molecule has 1 aromatic heterocycles. The number of hydrogen-bond donors (Lipinski definition) is 0. The molecule has 2 saturated heterocycles. The summed E-state index contributed by atoms with van der Waals surface area (Å²) in [7, 11) is 2.21. The number of rotatable bonds is 5. The maximum atomic E-state index is 4.77. The fourth-order valence-corrected chi connectivity index (χ4v) is 3.76. The number of piperazine rings is 1. The molecule has 2 aliphatic heterocycles. The van der Waals surface area contributed by atoms with Gasteiger partial charge in [0.25, 0.3) is 0 Å². The summed E-state index contributed by atoms with van der Waals surface area (Å²) in [5.41, 5.74) is 1.46. The van der Waals surface area contributed by atoms with E-state index in [-0.39, 0.29) is 0 Å². The molecule has 22 heavy (non-hydrogen) atoms. The first-order valence-electron chi connectivity index (χ1n) is 8.92. The largest absolute Gasteiger partial charge is 0.354 e. The van der Waals surface area contributed by atoms with Crippen LogP contribution in [0.15, 0.2) is 18.3 Å². The van der Waals surface area contributed by atoms with Crippen LogP contribution >= 0.6 is 0 Å². The van der Waals surface area contributed by atoms with Gasteiger partial charge < -0.3 is 9.80 Å². The Balaban J connectivity index is 1.78. The Morgan fingerprint density at radius 1 is 1.18 bits per heavy atom. The van der Waals surface area contributed by atoms with Crippen LogP contribution < -0.4 is 4.90 Å². The van der Waals surface area contributed by atoms with Gasteiger partial charge in [0.15, 0.2) is 0 Å². The number of likely N-dealkylation sites (N-methyl/N-ethyl adjacent to an activating group) is 1. The van der Waals surface area contributed by atoms with Gasteiger partial charge in [-0.3, -0.25) is 4.90 Å². The van der Waals surface area contributed by atoms with Crippen LogP contribution in [-0.2, 0) is 0 Å². The minimum absolute atomic E-state index is 0.579. The van der Waals surface area contributed by atoms with E-state index in [2.05, 4.69) is 40.8 Å². The van der Waals surface area contributed by atoms with Gasteiger partial charge in [-0.1, -0.05) is 19.4 Å². The standard InChI is InChI=1S/C18H30N4/c1-3-4-10-21-11-6-8-17(21)16-7-5-9-19-18(16)22-14-12-20(2)13-15-22/h5,7,9,17H,3-4,6,8,10-15H2,1-2H3/t17-/m0/s1. The second kappa shape index (κ2) is 7.42. The van der Waals surface area contributed by atoms with Crippen LogP contribution in [0, 0.1) is 0 Å². The third-order valence-electron chi connectivity index (χ3n) is 5.14. The molecule has 0 aromatic carbocycles. The Morgan fingerprint density at radius 3 is 2.77 bits per heavy atom. The molecule has 1 atom stereocenters. The van der Waals surface area contributed by atoms with Gasteiger partial charge in [0.1, 0.15) is 5.82 Å². The van der Waals surface area contributed by atoms with Crippen LogP contribution in [0.25, 0.3) is 0 Å². The lowest BCUT2D eigenvalue weighted by molar-refractivity contribution is 0.252. The molecular weight excluding hydrogens is 272 g/mol. The minimum atomic E-state index is 0.579. The van der Waals surface area contributed by atoms with E-state index in [1.807, 2.05) is 6.20 Å². The predicted molar refractivity (Wildman–Crippen MR) is 92.4 cm³/mol. The molecular formula is C18H30N4. The molecule has 3 heterocycles. The highest BCUT2D eigenvalue weighted by molar-refractivity contribution is 5.49. The Hall–Kier alpha value is -1.13. The first kappa shape index (κ1) is 15.8. The number of likely N-dealkylation sites (tertiary alicyclic amines) is 1. The van der Waals surface area contributed by atoms with Gasteiger partial charge in [-0.05, 0) is 45.5 Å². The van der Waals surface area contributed by atoms with E-state index < -0.39 is 0 Å². The van der Waals surface area contributed by atoms with Crippen molar-refractivity contribution in [3.05, 3.63) is 23.9 Å². The van der Waals surface area contributed by atoms with Gasteiger partial charge in [-0.15, -0.1) is 0 Å². The highest BCUT2D eigenvalue weighted by Crippen LogP contribution is 2.36. The Kier molecular flexibility index (Phi) is 5.32. The summed E-state index contributed by atoms with van der Waals surface area (Å²) in [6.07, 6.45) is 7.16. The van der Waals surface area contributed by atoms with Crippen LogP contribution in [0.3, 0.4) is 0 Å². The fourth-order valence-electron chi connectivity index (χ4n) is 3.76. The molecule has 4 nitrogen and oxygen atoms in total. The average molecular weight is 302 g/mol. The zero-order chi connectivity index (χ0) is 15.4. The number of anilines is 1. The average Bonchev–Trinajstić information content (AvgIpc) is 3.02. The summed E-state index contributed by atoms with van der Waals surface area (Å²) in [5.74, 6) is 1.24. The molecule has 2 aliphatic rings. The maximum Gasteiger partial charge on any atom is 0.133 e. The molecule has 0 aliphatic carbocycles. The lowest BCUT2D eigenvalue weighted by Crippen LogP contribution is -2.45. The Labute approximate surface area is 135 Å². The van der Waals surface area contributed by atoms with Gasteiger partial charge in [-0.25, -0.2) is 4.98 Å². The molecule has 0 radical (unpaired) electrons. The second-order valence-electron chi connectivity index (χ2n) is 6.75. The minimum Gasteiger partial charge on any atom is -0.354 e. The van der Waals surface area contributed by atoms with Crippen molar-refractivity contribution in [2.24, 2.45) is 0 Å². The van der Waals surface area contributed by atoms with Crippen LogP contribution in [0.2, 0.25) is 0 Å². The van der Waals surface area contributed by atoms with Crippen molar-refractivity contribution in [2.45, 2.75) is 38.6 Å². The van der Waals surface area contributed by atoms with Crippen LogP contribution in [0.4, 0.5) is 5.82 Å². The molecule has 3 rings (SSSR count). The van der Waals surface area contributed by atoms with Crippen molar-refractivity contribution in [3.63, 3.8) is 0 Å². The highest BCUT2D eigenvalue weighted by Gasteiger charge is 2.29. The Bertz CT molecular complexity index is 468. The molecule has 0 saturated carbocycles. The summed E-state index contributed by atoms with van der Waals surface area (Å²) >= 11 is 0. The van der Waals surface area contributed by atoms with E-state index in [9.17, 15) is 0 Å². The van der Waals surface area contributed by atoms with Crippen molar-refractivity contribution in [1.82, 2.24) is 14.8 Å². The fraction of sp³-hybridized carbons (Fsp3) is 0.722. The smallest absolute Gasteiger partial charge is 0.133 e. The lowest BCUT2D eigenvalue weighted by atomic mass is 10.0. The van der Waals surface area contributed by atoms with E-state index in [0.29, 0.717) is 6.04 Å². The van der Waals surface area contributed by atoms with E-state index >= 15 is 0 Å². The highest BCUT2D eigenvalue weighted by atomic mass is 15.3. The normalized spacial score (nSPS) is 24.1. The van der Waals surface area contributed by atoms with Gasteiger partial charge in [0.05, 0.1) is 0 Å². The summed E-state index contributed by atoms with van der Waals surface area (Å²) in [6, 6.07) is 5.01. The zero-order valence-electron chi connectivity index (χ0n) is 14.2. The van der Waals surface area contributed by atoms with Crippen molar-refractivity contribution >= 4 is 5.82 Å². The first-order chi connectivity index (χ1) is 10.8. The van der Waals surface area contributed by atoms with Crippen molar-refractivity contribution in [3.8, 4) is 0 Å². The summed E-state index contributed by atoms with van der Waals surface area (Å²) in [4.78, 5) is 12.3. The number of unbranched alkanes of at least 4 members (excludes halogenated alkanes) is 1. The zero-order valence-corrected chi connectivity index (χ0v) is 14.2. The van der Waals surface area contributed by atoms with E-state index in [0.717, 1.165) is 26.2 Å². The van der Waals surface area contributed by atoms with Crippen LogP contribution in [-0.4, -0.2) is 61.1 Å². The summed E-state index contributed by atoms with van der Waals surface area (Å²) < 4.78 is 0. The molecule has 122 valence electrons. The number of aromatic nitrogens is 1. The van der Waals surface area contributed by atoms with Gasteiger partial charge >= 0.3 is 0 Å². The molecule has 0 spiro atoms. The maximum absolute atomic E-state index is 4.77. The number of nitrogens with zero attached hydrogens (tertiary/aromatic N) is 4. The van der Waals surface area contributed by atoms with E-state index in [1.54, 1.807) is 0 Å². The number of pyridine rings is 1. The van der Waals surface area contributed by atoms with Gasteiger partial charge in [-0.2, -0.15) is 0 Å². The third-order valence-corrected chi connectivity index (χ3v) is 5.14. The second-order valence-corrected chi connectivity index (χ2v) is 6.75. The number of hydrogen-bond acceptors (Lipinski definition) is 4. The lowest BCUT2D eigenvalue weighted by Gasteiger charge is -2.36. The van der Waals surface area contributed by atoms with Crippen LogP contribution in [0.1, 0.15) is 44.2 Å². The molecule has 2 fully saturated rings. The molecule has 1 aromatic rings. The van der Waals surface area contributed by atoms with Gasteiger partial charge in [0.2, 0.25) is 0 Å². The summed E-state index contributed by atoms with van der Waals surface area (Å²) in [5, 5.41) is 0. The van der Waals surface area contributed by atoms with Crippen molar-refractivity contribution < 1.29 is 0 Å². The van der Waals surface area contributed by atoms with Crippen LogP contribution in [0.5, 0.6) is 0 Å². The first-order valence-corrected chi connectivity index (χ1v) is 8.92. The van der Waals surface area contributed by atoms with E-state index in [4.69, 9.17) is 4.98 Å². The van der Waals surface area contributed by atoms with E-state index in [1.165, 1.54) is 50.2 Å². The monoisotopic (exact) mass is 302 g/mol. The van der Waals surface area contributed by atoms with Crippen molar-refractivity contribution in [2.75, 3.05) is 51.2 Å². The Morgan fingerprint density at radius 2 is 2.00 bits per heavy atom. The topological polar surface area (TPSA) is 22.6 Å². The third kappa shape index (κ3) is 3.44. The molecule has 0 unspecified atom stereocenters. The molecule has 4 heteroatoms.